The molecule has 2 aromatic carbocycles. The van der Waals surface area contributed by atoms with Crippen LogP contribution in [-0.4, -0.2) is 5.11 Å². The molecule has 0 saturated carbocycles. The highest BCUT2D eigenvalue weighted by molar-refractivity contribution is 7.80. The summed E-state index contributed by atoms with van der Waals surface area (Å²) in [6, 6.07) is 11.7. The molecule has 0 radical (unpaired) electrons. The Morgan fingerprint density at radius 1 is 0.857 bits per heavy atom. The standard InChI is InChI=1S/C16H14Cl2N2S/c17-14-7-6-13(9-15(14)18)20-16(21)19-12-5-4-10-2-1-3-11(10)8-12/h4-9H,1-3H2,(H2,19,20,21). The van der Waals surface area contributed by atoms with Gasteiger partial charge in [0.05, 0.1) is 10.0 Å². The zero-order valence-corrected chi connectivity index (χ0v) is 13.6. The summed E-state index contributed by atoms with van der Waals surface area (Å²) in [5.41, 5.74) is 4.68. The summed E-state index contributed by atoms with van der Waals surface area (Å²) in [5, 5.41) is 7.86. The Hall–Kier alpha value is -1.29. The highest BCUT2D eigenvalue weighted by atomic mass is 35.5. The third-order valence-electron chi connectivity index (χ3n) is 3.53. The quantitative estimate of drug-likeness (QED) is 0.728. The minimum atomic E-state index is 0.502. The molecule has 21 heavy (non-hydrogen) atoms. The SMILES string of the molecule is S=C(Nc1ccc(Cl)c(Cl)c1)Nc1ccc2c(c1)CCC2. The van der Waals surface area contributed by atoms with Gasteiger partial charge in [0, 0.05) is 11.4 Å². The lowest BCUT2D eigenvalue weighted by molar-refractivity contribution is 0.912. The third kappa shape index (κ3) is 3.49. The van der Waals surface area contributed by atoms with Crippen LogP contribution in [-0.2, 0) is 12.8 Å². The largest absolute Gasteiger partial charge is 0.332 e. The van der Waals surface area contributed by atoms with Crippen molar-refractivity contribution in [3.63, 3.8) is 0 Å². The monoisotopic (exact) mass is 336 g/mol. The van der Waals surface area contributed by atoms with Gasteiger partial charge < -0.3 is 10.6 Å². The average molecular weight is 337 g/mol. The molecule has 0 atom stereocenters. The molecular formula is C16H14Cl2N2S. The van der Waals surface area contributed by atoms with E-state index in [4.69, 9.17) is 35.4 Å². The first kappa shape index (κ1) is 14.6. The lowest BCUT2D eigenvalue weighted by atomic mass is 10.1. The van der Waals surface area contributed by atoms with Crippen LogP contribution in [0.1, 0.15) is 17.5 Å². The fraction of sp³-hybridized carbons (Fsp3) is 0.188. The first-order valence-corrected chi connectivity index (χ1v) is 7.93. The minimum absolute atomic E-state index is 0.502. The number of anilines is 2. The fourth-order valence-electron chi connectivity index (χ4n) is 2.52. The first-order valence-electron chi connectivity index (χ1n) is 6.77. The van der Waals surface area contributed by atoms with E-state index in [1.54, 1.807) is 12.1 Å². The maximum atomic E-state index is 5.99. The Balaban J connectivity index is 1.67. The van der Waals surface area contributed by atoms with Crippen LogP contribution < -0.4 is 10.6 Å². The van der Waals surface area contributed by atoms with Crippen molar-refractivity contribution < 1.29 is 0 Å². The number of hydrogen-bond donors (Lipinski definition) is 2. The van der Waals surface area contributed by atoms with Gasteiger partial charge in [-0.15, -0.1) is 0 Å². The van der Waals surface area contributed by atoms with Crippen LogP contribution in [0.5, 0.6) is 0 Å². The van der Waals surface area contributed by atoms with E-state index in [1.807, 2.05) is 6.07 Å². The van der Waals surface area contributed by atoms with Crippen LogP contribution in [0.4, 0.5) is 11.4 Å². The van der Waals surface area contributed by atoms with Crippen LogP contribution in [0.25, 0.3) is 0 Å². The van der Waals surface area contributed by atoms with Gasteiger partial charge >= 0.3 is 0 Å². The van der Waals surface area contributed by atoms with E-state index in [9.17, 15) is 0 Å². The molecule has 0 amide bonds. The van der Waals surface area contributed by atoms with Crippen LogP contribution in [0.15, 0.2) is 36.4 Å². The summed E-state index contributed by atoms with van der Waals surface area (Å²) in [4.78, 5) is 0. The van der Waals surface area contributed by atoms with Gasteiger partial charge in [0.25, 0.3) is 0 Å². The summed E-state index contributed by atoms with van der Waals surface area (Å²) in [5.74, 6) is 0. The second-order valence-electron chi connectivity index (χ2n) is 5.05. The molecule has 5 heteroatoms. The molecule has 2 nitrogen and oxygen atoms in total. The lowest BCUT2D eigenvalue weighted by Crippen LogP contribution is -2.19. The predicted octanol–water partition coefficient (Wildman–Crippen LogP) is 5.29. The molecule has 0 fully saturated rings. The first-order chi connectivity index (χ1) is 10.1. The van der Waals surface area contributed by atoms with Gasteiger partial charge in [-0.1, -0.05) is 29.3 Å². The number of rotatable bonds is 2. The van der Waals surface area contributed by atoms with Crippen molar-refractivity contribution in [2.24, 2.45) is 0 Å². The smallest absolute Gasteiger partial charge is 0.175 e. The van der Waals surface area contributed by atoms with Crippen molar-refractivity contribution >= 4 is 51.9 Å². The zero-order valence-electron chi connectivity index (χ0n) is 11.2. The summed E-state index contributed by atoms with van der Waals surface area (Å²) in [7, 11) is 0. The molecule has 2 aromatic rings. The van der Waals surface area contributed by atoms with Crippen molar-refractivity contribution in [1.29, 1.82) is 0 Å². The van der Waals surface area contributed by atoms with Crippen molar-refractivity contribution in [2.45, 2.75) is 19.3 Å². The van der Waals surface area contributed by atoms with Crippen LogP contribution >= 0.6 is 35.4 Å². The Morgan fingerprint density at radius 2 is 1.52 bits per heavy atom. The molecule has 1 aliphatic rings. The number of aryl methyl sites for hydroxylation is 2. The molecular weight excluding hydrogens is 323 g/mol. The van der Waals surface area contributed by atoms with Gasteiger partial charge in [-0.25, -0.2) is 0 Å². The maximum absolute atomic E-state index is 5.99. The number of fused-ring (bicyclic) bond motifs is 1. The van der Waals surface area contributed by atoms with E-state index >= 15 is 0 Å². The molecule has 108 valence electrons. The Bertz CT molecular complexity index is 701. The maximum Gasteiger partial charge on any atom is 0.175 e. The van der Waals surface area contributed by atoms with Gasteiger partial charge in [-0.3, -0.25) is 0 Å². The molecule has 1 aliphatic carbocycles. The van der Waals surface area contributed by atoms with E-state index < -0.39 is 0 Å². The van der Waals surface area contributed by atoms with E-state index in [0.717, 1.165) is 17.8 Å². The van der Waals surface area contributed by atoms with E-state index in [1.165, 1.54) is 24.0 Å². The summed E-state index contributed by atoms with van der Waals surface area (Å²) in [6.45, 7) is 0. The van der Waals surface area contributed by atoms with Crippen molar-refractivity contribution in [3.8, 4) is 0 Å². The Labute approximate surface area is 139 Å². The van der Waals surface area contributed by atoms with Crippen molar-refractivity contribution in [1.82, 2.24) is 0 Å². The summed E-state index contributed by atoms with van der Waals surface area (Å²) < 4.78 is 0. The third-order valence-corrected chi connectivity index (χ3v) is 4.48. The number of nitrogens with one attached hydrogen (secondary N) is 2. The molecule has 0 aromatic heterocycles. The minimum Gasteiger partial charge on any atom is -0.332 e. The van der Waals surface area contributed by atoms with Gasteiger partial charge in [-0.2, -0.15) is 0 Å². The van der Waals surface area contributed by atoms with Gasteiger partial charge in [0.15, 0.2) is 5.11 Å². The highest BCUT2D eigenvalue weighted by Crippen LogP contribution is 2.26. The van der Waals surface area contributed by atoms with E-state index in [-0.39, 0.29) is 0 Å². The highest BCUT2D eigenvalue weighted by Gasteiger charge is 2.11. The second-order valence-corrected chi connectivity index (χ2v) is 6.27. The van der Waals surface area contributed by atoms with Crippen LogP contribution in [0.3, 0.4) is 0 Å². The normalized spacial score (nSPS) is 12.9. The second kappa shape index (κ2) is 6.22. The molecule has 3 rings (SSSR count). The molecule has 0 bridgehead atoms. The average Bonchev–Trinajstić information content (AvgIpc) is 2.90. The topological polar surface area (TPSA) is 24.1 Å². The number of halogens is 2. The van der Waals surface area contributed by atoms with Crippen molar-refractivity contribution in [3.05, 3.63) is 57.6 Å². The summed E-state index contributed by atoms with van der Waals surface area (Å²) in [6.07, 6.45) is 3.57. The number of hydrogen-bond acceptors (Lipinski definition) is 1. The molecule has 0 spiro atoms. The molecule has 2 N–H and O–H groups in total. The van der Waals surface area contributed by atoms with Gasteiger partial charge in [0.1, 0.15) is 0 Å². The molecule has 0 heterocycles. The van der Waals surface area contributed by atoms with Crippen LogP contribution in [0, 0.1) is 0 Å². The molecule has 0 saturated heterocycles. The van der Waals surface area contributed by atoms with Crippen molar-refractivity contribution in [2.75, 3.05) is 10.6 Å². The van der Waals surface area contributed by atoms with Crippen LogP contribution in [0.2, 0.25) is 10.0 Å². The summed E-state index contributed by atoms with van der Waals surface area (Å²) >= 11 is 17.2. The van der Waals surface area contributed by atoms with Gasteiger partial charge in [-0.05, 0) is 72.9 Å². The molecule has 0 aliphatic heterocycles. The van der Waals surface area contributed by atoms with Gasteiger partial charge in [0.2, 0.25) is 0 Å². The number of benzene rings is 2. The lowest BCUT2D eigenvalue weighted by Gasteiger charge is -2.12. The van der Waals surface area contributed by atoms with E-state index in [0.29, 0.717) is 15.2 Å². The Kier molecular flexibility index (Phi) is 4.34. The predicted molar refractivity (Wildman–Crippen MR) is 94.8 cm³/mol. The number of thiocarbonyl (C=S) groups is 1. The fourth-order valence-corrected chi connectivity index (χ4v) is 3.05. The van der Waals surface area contributed by atoms with E-state index in [2.05, 4.69) is 28.8 Å². The molecule has 0 unspecified atom stereocenters. The zero-order chi connectivity index (χ0) is 14.8. The Morgan fingerprint density at radius 3 is 2.29 bits per heavy atom.